The Kier molecular flexibility index (Phi) is 8.12. The third kappa shape index (κ3) is 5.63. The summed E-state index contributed by atoms with van der Waals surface area (Å²) in [7, 11) is 5.27. The van der Waals surface area contributed by atoms with E-state index in [2.05, 4.69) is 32.4 Å². The predicted molar refractivity (Wildman–Crippen MR) is 186 cm³/mol. The van der Waals surface area contributed by atoms with Crippen LogP contribution >= 0.6 is 0 Å². The van der Waals surface area contributed by atoms with Gasteiger partial charge in [-0.2, -0.15) is 15.2 Å². The molecule has 1 saturated heterocycles. The Balaban J connectivity index is 1.24. The number of rotatable bonds is 9. The van der Waals surface area contributed by atoms with Gasteiger partial charge in [0, 0.05) is 44.4 Å². The molecule has 13 nitrogen and oxygen atoms in total. The molecule has 0 radical (unpaired) electrons. The summed E-state index contributed by atoms with van der Waals surface area (Å²) in [5.41, 5.74) is 5.76. The van der Waals surface area contributed by atoms with Crippen molar-refractivity contribution in [3.63, 3.8) is 0 Å². The van der Waals surface area contributed by atoms with Gasteiger partial charge in [0.1, 0.15) is 40.6 Å². The lowest BCUT2D eigenvalue weighted by molar-refractivity contribution is -0.0366. The first kappa shape index (κ1) is 30.9. The van der Waals surface area contributed by atoms with E-state index in [1.807, 2.05) is 60.0 Å². The summed E-state index contributed by atoms with van der Waals surface area (Å²) in [6.45, 7) is 4.01. The number of aromatic nitrogens is 7. The van der Waals surface area contributed by atoms with E-state index in [1.54, 1.807) is 20.5 Å². The lowest BCUT2D eigenvalue weighted by Gasteiger charge is -2.28. The zero-order valence-corrected chi connectivity index (χ0v) is 28.1. The Morgan fingerprint density at radius 3 is 2.76 bits per heavy atom. The summed E-state index contributed by atoms with van der Waals surface area (Å²) >= 11 is 0. The van der Waals surface area contributed by atoms with Crippen molar-refractivity contribution in [3.05, 3.63) is 71.9 Å². The number of nitrogens with zero attached hydrogens (tertiary/aromatic N) is 8. The molecule has 0 saturated carbocycles. The topological polar surface area (TPSA) is 126 Å². The quantitative estimate of drug-likeness (QED) is 0.180. The van der Waals surface area contributed by atoms with Gasteiger partial charge < -0.3 is 29.2 Å². The molecule has 1 N–H and O–H groups in total. The van der Waals surface area contributed by atoms with Crippen LogP contribution in [-0.4, -0.2) is 61.9 Å². The average Bonchev–Trinajstić information content (AvgIpc) is 3.75. The van der Waals surface area contributed by atoms with Crippen LogP contribution in [0.1, 0.15) is 48.7 Å². The molecule has 6 aromatic rings. The van der Waals surface area contributed by atoms with Crippen LogP contribution in [0.5, 0.6) is 23.1 Å². The van der Waals surface area contributed by atoms with Crippen molar-refractivity contribution in [2.45, 2.75) is 51.8 Å². The second kappa shape index (κ2) is 12.9. The minimum Gasteiger partial charge on any atom is -0.497 e. The third-order valence-electron chi connectivity index (χ3n) is 9.47. The van der Waals surface area contributed by atoms with Crippen LogP contribution in [0.2, 0.25) is 0 Å². The first-order chi connectivity index (χ1) is 24.0. The fourth-order valence-electron chi connectivity index (χ4n) is 6.87. The number of anilines is 3. The van der Waals surface area contributed by atoms with Gasteiger partial charge in [-0.05, 0) is 62.8 Å². The summed E-state index contributed by atoms with van der Waals surface area (Å²) in [5.74, 6) is 3.82. The average molecular weight is 662 g/mol. The zero-order valence-electron chi connectivity index (χ0n) is 28.1. The summed E-state index contributed by atoms with van der Waals surface area (Å²) in [6.07, 6.45) is 10.3. The van der Waals surface area contributed by atoms with Gasteiger partial charge in [0.05, 0.1) is 54.4 Å². The van der Waals surface area contributed by atoms with Crippen LogP contribution < -0.4 is 24.4 Å². The van der Waals surface area contributed by atoms with Crippen LogP contribution in [0.4, 0.5) is 17.3 Å². The summed E-state index contributed by atoms with van der Waals surface area (Å²) in [6, 6.07) is 11.9. The van der Waals surface area contributed by atoms with Gasteiger partial charge in [-0.25, -0.2) is 14.6 Å². The Labute approximate surface area is 283 Å². The molecule has 0 amide bonds. The molecule has 2 aliphatic heterocycles. The maximum absolute atomic E-state index is 6.91. The molecule has 4 aromatic heterocycles. The predicted octanol–water partition coefficient (Wildman–Crippen LogP) is 6.62. The maximum Gasteiger partial charge on any atom is 0.234 e. The fourth-order valence-corrected chi connectivity index (χ4v) is 6.87. The zero-order chi connectivity index (χ0) is 33.5. The highest BCUT2D eigenvalue weighted by Gasteiger charge is 2.27. The highest BCUT2D eigenvalue weighted by molar-refractivity contribution is 5.96. The van der Waals surface area contributed by atoms with E-state index in [4.69, 9.17) is 34.0 Å². The monoisotopic (exact) mass is 661 g/mol. The summed E-state index contributed by atoms with van der Waals surface area (Å²) in [4.78, 5) is 16.8. The molecule has 8 rings (SSSR count). The van der Waals surface area contributed by atoms with Gasteiger partial charge in [-0.1, -0.05) is 6.07 Å². The molecule has 1 unspecified atom stereocenters. The molecular formula is C36H39N9O4. The second-order valence-corrected chi connectivity index (χ2v) is 12.4. The first-order valence-corrected chi connectivity index (χ1v) is 16.7. The molecule has 2 aliphatic rings. The minimum absolute atomic E-state index is 0.101. The van der Waals surface area contributed by atoms with Crippen LogP contribution in [-0.2, 0) is 24.8 Å². The largest absolute Gasteiger partial charge is 0.497 e. The molecule has 13 heteroatoms. The van der Waals surface area contributed by atoms with Crippen molar-refractivity contribution < 1.29 is 18.9 Å². The van der Waals surface area contributed by atoms with E-state index in [9.17, 15) is 0 Å². The minimum atomic E-state index is -0.101. The van der Waals surface area contributed by atoms with Gasteiger partial charge in [0.2, 0.25) is 5.88 Å². The van der Waals surface area contributed by atoms with Crippen LogP contribution in [0.25, 0.3) is 21.8 Å². The van der Waals surface area contributed by atoms with E-state index in [1.165, 1.54) is 5.69 Å². The van der Waals surface area contributed by atoms with E-state index in [0.717, 1.165) is 84.5 Å². The van der Waals surface area contributed by atoms with Crippen molar-refractivity contribution >= 4 is 39.1 Å². The van der Waals surface area contributed by atoms with Gasteiger partial charge in [-0.15, -0.1) is 0 Å². The first-order valence-electron chi connectivity index (χ1n) is 16.7. The molecule has 252 valence electrons. The number of benzene rings is 2. The number of fused-ring (bicyclic) bond motifs is 3. The molecule has 0 bridgehead atoms. The van der Waals surface area contributed by atoms with Crippen molar-refractivity contribution in [2.24, 2.45) is 7.05 Å². The maximum atomic E-state index is 6.91. The Bertz CT molecular complexity index is 2150. The highest BCUT2D eigenvalue weighted by atomic mass is 16.5. The number of ether oxygens (including phenoxy) is 4. The smallest absolute Gasteiger partial charge is 0.234 e. The third-order valence-corrected chi connectivity index (χ3v) is 9.47. The van der Waals surface area contributed by atoms with Gasteiger partial charge >= 0.3 is 0 Å². The van der Waals surface area contributed by atoms with Crippen LogP contribution in [0.15, 0.2) is 55.1 Å². The molecular weight excluding hydrogens is 622 g/mol. The number of hydrogen-bond donors (Lipinski definition) is 1. The van der Waals surface area contributed by atoms with Crippen molar-refractivity contribution in [3.8, 4) is 23.1 Å². The number of methoxy groups -OCH3 is 2. The molecule has 1 atom stereocenters. The lowest BCUT2D eigenvalue weighted by Crippen LogP contribution is -2.25. The van der Waals surface area contributed by atoms with Crippen molar-refractivity contribution in [1.82, 2.24) is 34.5 Å². The molecule has 49 heavy (non-hydrogen) atoms. The number of hydrogen-bond acceptors (Lipinski definition) is 11. The summed E-state index contributed by atoms with van der Waals surface area (Å²) < 4.78 is 28.0. The Morgan fingerprint density at radius 2 is 1.92 bits per heavy atom. The molecule has 1 fully saturated rings. The van der Waals surface area contributed by atoms with Crippen molar-refractivity contribution in [2.75, 3.05) is 37.6 Å². The van der Waals surface area contributed by atoms with Gasteiger partial charge in [0.15, 0.2) is 6.23 Å². The Morgan fingerprint density at radius 1 is 1.00 bits per heavy atom. The Hall–Kier alpha value is -5.43. The SMILES string of the molecule is COc1ccc(CNc2ncnc3cc(N4CCCc5c4cnn5C)nc(Oc4c(C)ccc5c4cnn5C4CCCCO4)c23)c(OC)c1. The van der Waals surface area contributed by atoms with E-state index in [0.29, 0.717) is 40.6 Å². The molecule has 0 spiro atoms. The van der Waals surface area contributed by atoms with Gasteiger partial charge in [-0.3, -0.25) is 4.68 Å². The number of pyridine rings is 1. The summed E-state index contributed by atoms with van der Waals surface area (Å²) in [5, 5.41) is 14.4. The standard InChI is InChI=1S/C36H39N9O4/c1-22-10-13-27-25(19-41-45(27)32-9-5-6-15-48-32)34(22)49-36-33-26(17-31(42-36)44-14-7-8-28-29(44)20-40-43(28)2)38-21-39-35(33)37-18-23-11-12-24(46-3)16-30(23)47-4/h10-13,16-17,19-21,32H,5-9,14-15,18H2,1-4H3,(H,37,38,39). The number of aryl methyl sites for hydroxylation is 2. The van der Waals surface area contributed by atoms with E-state index in [-0.39, 0.29) is 6.23 Å². The van der Waals surface area contributed by atoms with E-state index >= 15 is 0 Å². The van der Waals surface area contributed by atoms with Crippen LogP contribution in [0, 0.1) is 6.92 Å². The lowest BCUT2D eigenvalue weighted by atomic mass is 10.1. The van der Waals surface area contributed by atoms with E-state index < -0.39 is 0 Å². The molecule has 0 aliphatic carbocycles. The fraction of sp³-hybridized carbons (Fsp3) is 0.361. The molecule has 2 aromatic carbocycles. The highest BCUT2D eigenvalue weighted by Crippen LogP contribution is 2.41. The number of nitrogens with one attached hydrogen (secondary N) is 1. The van der Waals surface area contributed by atoms with Gasteiger partial charge in [0.25, 0.3) is 0 Å². The van der Waals surface area contributed by atoms with Crippen molar-refractivity contribution in [1.29, 1.82) is 0 Å². The van der Waals surface area contributed by atoms with Crippen LogP contribution in [0.3, 0.4) is 0 Å². The molecule has 6 heterocycles. The normalized spacial score (nSPS) is 16.2. The second-order valence-electron chi connectivity index (χ2n) is 12.4.